The van der Waals surface area contributed by atoms with E-state index in [1.807, 2.05) is 17.5 Å². The summed E-state index contributed by atoms with van der Waals surface area (Å²) in [6.45, 7) is 0. The fourth-order valence-electron chi connectivity index (χ4n) is 3.89. The molecular formula is C22H18N2OS2. The first-order valence-corrected chi connectivity index (χ1v) is 10.7. The molecule has 0 radical (unpaired) electrons. The van der Waals surface area contributed by atoms with Gasteiger partial charge in [0.25, 0.3) is 0 Å². The van der Waals surface area contributed by atoms with Gasteiger partial charge >= 0.3 is 0 Å². The molecule has 0 spiro atoms. The first kappa shape index (κ1) is 16.7. The number of ketones is 1. The second kappa shape index (κ2) is 6.59. The molecule has 5 rings (SSSR count). The summed E-state index contributed by atoms with van der Waals surface area (Å²) in [6.07, 6.45) is 3.06. The van der Waals surface area contributed by atoms with Crippen LogP contribution in [-0.2, 0) is 12.8 Å². The largest absolute Gasteiger partial charge is 0.397 e. The van der Waals surface area contributed by atoms with Crippen LogP contribution < -0.4 is 5.73 Å². The number of fused-ring (bicyclic) bond motifs is 2. The van der Waals surface area contributed by atoms with E-state index in [1.165, 1.54) is 33.8 Å². The summed E-state index contributed by atoms with van der Waals surface area (Å²) >= 11 is 2.87. The molecule has 0 saturated heterocycles. The summed E-state index contributed by atoms with van der Waals surface area (Å²) in [5, 5.41) is 2.84. The van der Waals surface area contributed by atoms with Crippen LogP contribution in [0.25, 0.3) is 10.2 Å². The summed E-state index contributed by atoms with van der Waals surface area (Å²) in [7, 11) is 0. The lowest BCUT2D eigenvalue weighted by molar-refractivity contribution is 0.104. The fraction of sp³-hybridized carbons (Fsp3) is 0.182. The van der Waals surface area contributed by atoms with Crippen molar-refractivity contribution in [3.63, 3.8) is 0 Å². The number of carbonyl (C=O) groups is 1. The maximum Gasteiger partial charge on any atom is 0.215 e. The van der Waals surface area contributed by atoms with E-state index in [4.69, 9.17) is 10.7 Å². The number of pyridine rings is 1. The van der Waals surface area contributed by atoms with Gasteiger partial charge in [0.05, 0.1) is 10.6 Å². The van der Waals surface area contributed by atoms with Crippen molar-refractivity contribution < 1.29 is 4.79 Å². The molecule has 3 aromatic heterocycles. The Morgan fingerprint density at radius 1 is 1.15 bits per heavy atom. The van der Waals surface area contributed by atoms with Gasteiger partial charge in [-0.3, -0.25) is 4.79 Å². The Labute approximate surface area is 165 Å². The van der Waals surface area contributed by atoms with E-state index in [0.717, 1.165) is 40.1 Å². The Kier molecular flexibility index (Phi) is 4.06. The summed E-state index contributed by atoms with van der Waals surface area (Å²) < 4.78 is 0. The third kappa shape index (κ3) is 2.87. The van der Waals surface area contributed by atoms with Crippen LogP contribution in [0.3, 0.4) is 0 Å². The molecule has 3 heterocycles. The number of thiophene rings is 2. The summed E-state index contributed by atoms with van der Waals surface area (Å²) in [5.41, 5.74) is 10.8. The lowest BCUT2D eigenvalue weighted by Crippen LogP contribution is -2.14. The fourth-order valence-corrected chi connectivity index (χ4v) is 5.67. The van der Waals surface area contributed by atoms with Crippen molar-refractivity contribution in [1.29, 1.82) is 0 Å². The van der Waals surface area contributed by atoms with Gasteiger partial charge in [-0.1, -0.05) is 36.4 Å². The average Bonchev–Trinajstić information content (AvgIpc) is 3.35. The SMILES string of the molecule is Nc1c(C(=O)c2cccs2)sc2nc3c(cc12)CC(c1ccccc1)CC3. The zero-order chi connectivity index (χ0) is 18.4. The molecule has 27 heavy (non-hydrogen) atoms. The maximum atomic E-state index is 12.8. The predicted octanol–water partition coefficient (Wildman–Crippen LogP) is 5.44. The Morgan fingerprint density at radius 3 is 2.78 bits per heavy atom. The number of aryl methyl sites for hydroxylation is 1. The summed E-state index contributed by atoms with van der Waals surface area (Å²) in [6, 6.07) is 16.6. The zero-order valence-electron chi connectivity index (χ0n) is 14.6. The molecule has 1 unspecified atom stereocenters. The number of nitrogens with two attached hydrogens (primary N) is 1. The second-order valence-electron chi connectivity index (χ2n) is 6.95. The third-order valence-electron chi connectivity index (χ3n) is 5.31. The number of carbonyl (C=O) groups excluding carboxylic acids is 1. The van der Waals surface area contributed by atoms with Crippen molar-refractivity contribution in [2.45, 2.75) is 25.2 Å². The minimum absolute atomic E-state index is 0.00522. The molecule has 134 valence electrons. The number of benzene rings is 1. The zero-order valence-corrected chi connectivity index (χ0v) is 16.3. The Balaban J connectivity index is 1.54. The van der Waals surface area contributed by atoms with Crippen molar-refractivity contribution in [3.05, 3.63) is 80.5 Å². The van der Waals surface area contributed by atoms with Crippen molar-refractivity contribution in [3.8, 4) is 0 Å². The molecule has 2 N–H and O–H groups in total. The number of aromatic nitrogens is 1. The number of nitrogens with zero attached hydrogens (tertiary/aromatic N) is 1. The van der Waals surface area contributed by atoms with Gasteiger partial charge in [0.15, 0.2) is 0 Å². The van der Waals surface area contributed by atoms with Gasteiger partial charge in [-0.25, -0.2) is 4.98 Å². The molecule has 0 fully saturated rings. The smallest absolute Gasteiger partial charge is 0.215 e. The summed E-state index contributed by atoms with van der Waals surface area (Å²) in [4.78, 5) is 19.9. The lowest BCUT2D eigenvalue weighted by Gasteiger charge is -2.24. The standard InChI is InChI=1S/C22H18N2OS2/c23-19-16-12-15-11-14(13-5-2-1-3-6-13)8-9-17(15)24-22(16)27-21(19)20(25)18-7-4-10-26-18/h1-7,10,12,14H,8-9,11,23H2. The number of hydrogen-bond acceptors (Lipinski definition) is 5. The van der Waals surface area contributed by atoms with Gasteiger partial charge in [-0.05, 0) is 53.8 Å². The first-order valence-electron chi connectivity index (χ1n) is 9.04. The predicted molar refractivity (Wildman–Crippen MR) is 113 cm³/mol. The van der Waals surface area contributed by atoms with Gasteiger partial charge in [0.1, 0.15) is 9.71 Å². The Hall–Kier alpha value is -2.50. The molecule has 1 atom stereocenters. The van der Waals surface area contributed by atoms with Gasteiger partial charge in [0.2, 0.25) is 5.78 Å². The normalized spacial score (nSPS) is 16.4. The van der Waals surface area contributed by atoms with Crippen LogP contribution in [0.2, 0.25) is 0 Å². The Bertz CT molecular complexity index is 1130. The molecule has 0 amide bonds. The van der Waals surface area contributed by atoms with Crippen LogP contribution in [0.15, 0.2) is 53.9 Å². The second-order valence-corrected chi connectivity index (χ2v) is 8.90. The van der Waals surface area contributed by atoms with E-state index in [1.54, 1.807) is 0 Å². The highest BCUT2D eigenvalue weighted by atomic mass is 32.1. The van der Waals surface area contributed by atoms with E-state index in [9.17, 15) is 4.79 Å². The highest BCUT2D eigenvalue weighted by Crippen LogP contribution is 2.39. The van der Waals surface area contributed by atoms with E-state index in [2.05, 4.69) is 36.4 Å². The van der Waals surface area contributed by atoms with Gasteiger partial charge < -0.3 is 5.73 Å². The number of nitrogen functional groups attached to an aromatic ring is 1. The highest BCUT2D eigenvalue weighted by molar-refractivity contribution is 7.22. The number of rotatable bonds is 3. The molecule has 1 aliphatic rings. The van der Waals surface area contributed by atoms with E-state index in [0.29, 0.717) is 16.5 Å². The molecule has 0 saturated carbocycles. The van der Waals surface area contributed by atoms with Crippen LogP contribution in [0, 0.1) is 0 Å². The first-order chi connectivity index (χ1) is 13.2. The van der Waals surface area contributed by atoms with E-state index < -0.39 is 0 Å². The molecule has 0 aliphatic heterocycles. The van der Waals surface area contributed by atoms with Crippen LogP contribution in [0.1, 0.15) is 43.7 Å². The topological polar surface area (TPSA) is 56.0 Å². The molecule has 4 aromatic rings. The number of anilines is 1. The molecule has 0 bridgehead atoms. The van der Waals surface area contributed by atoms with Crippen LogP contribution in [0.4, 0.5) is 5.69 Å². The minimum Gasteiger partial charge on any atom is -0.397 e. The molecule has 5 heteroatoms. The monoisotopic (exact) mass is 390 g/mol. The van der Waals surface area contributed by atoms with Crippen LogP contribution in [-0.4, -0.2) is 10.8 Å². The molecule has 1 aromatic carbocycles. The van der Waals surface area contributed by atoms with Crippen LogP contribution in [0.5, 0.6) is 0 Å². The molecule has 3 nitrogen and oxygen atoms in total. The third-order valence-corrected chi connectivity index (χ3v) is 7.29. The summed E-state index contributed by atoms with van der Waals surface area (Å²) in [5.74, 6) is 0.524. The average molecular weight is 391 g/mol. The van der Waals surface area contributed by atoms with Gasteiger partial charge in [-0.2, -0.15) is 0 Å². The van der Waals surface area contributed by atoms with Gasteiger partial charge in [0, 0.05) is 11.1 Å². The maximum absolute atomic E-state index is 12.8. The lowest BCUT2D eigenvalue weighted by atomic mass is 9.82. The van der Waals surface area contributed by atoms with Crippen molar-refractivity contribution in [1.82, 2.24) is 4.98 Å². The van der Waals surface area contributed by atoms with Crippen molar-refractivity contribution >= 4 is 44.4 Å². The minimum atomic E-state index is 0.00522. The molecule has 1 aliphatic carbocycles. The molecular weight excluding hydrogens is 372 g/mol. The Morgan fingerprint density at radius 2 is 2.00 bits per heavy atom. The van der Waals surface area contributed by atoms with Crippen LogP contribution >= 0.6 is 22.7 Å². The quantitative estimate of drug-likeness (QED) is 0.474. The van der Waals surface area contributed by atoms with Crippen molar-refractivity contribution in [2.75, 3.05) is 5.73 Å². The number of hydrogen-bond donors (Lipinski definition) is 1. The highest BCUT2D eigenvalue weighted by Gasteiger charge is 2.25. The van der Waals surface area contributed by atoms with Gasteiger partial charge in [-0.15, -0.1) is 22.7 Å². The van der Waals surface area contributed by atoms with E-state index >= 15 is 0 Å². The van der Waals surface area contributed by atoms with E-state index in [-0.39, 0.29) is 5.78 Å². The van der Waals surface area contributed by atoms with Crippen molar-refractivity contribution in [2.24, 2.45) is 0 Å².